The molecule has 2 aromatic rings. The Hall–Kier alpha value is -2.22. The quantitative estimate of drug-likeness (QED) is 0.684. The van der Waals surface area contributed by atoms with Gasteiger partial charge in [0.15, 0.2) is 0 Å². The van der Waals surface area contributed by atoms with E-state index in [0.717, 1.165) is 11.8 Å². The molecule has 0 amide bonds. The molecule has 2 heteroatoms. The number of benzene rings is 2. The van der Waals surface area contributed by atoms with Crippen molar-refractivity contribution < 1.29 is 10.2 Å². The van der Waals surface area contributed by atoms with E-state index in [4.69, 9.17) is 10.2 Å². The first-order chi connectivity index (χ1) is 10.2. The third-order valence-electron chi connectivity index (χ3n) is 3.68. The molecule has 0 heterocycles. The number of allylic oxidation sites excluding steroid dienone is 2. The molecule has 1 saturated carbocycles. The molecule has 0 saturated heterocycles. The molecule has 1 fully saturated rings. The Bertz CT molecular complexity index is 485. The maximum atomic E-state index is 8.63. The standard InChI is InChI=1S/C7H10.2C6H6O/c1-2-7-4-3-6(1)5-7;2*7-6-4-2-1-3-5-6/h1-2,6-7H,3-5H2;2*1-5,7H. The summed E-state index contributed by atoms with van der Waals surface area (Å²) in [5.74, 6) is 2.63. The van der Waals surface area contributed by atoms with Gasteiger partial charge in [-0.25, -0.2) is 0 Å². The number of phenols is 2. The van der Waals surface area contributed by atoms with Crippen molar-refractivity contribution in [3.63, 3.8) is 0 Å². The lowest BCUT2D eigenvalue weighted by atomic mass is 10.1. The Morgan fingerprint density at radius 1 is 0.619 bits per heavy atom. The van der Waals surface area contributed by atoms with E-state index in [9.17, 15) is 0 Å². The van der Waals surface area contributed by atoms with E-state index in [1.165, 1.54) is 19.3 Å². The van der Waals surface area contributed by atoms with Gasteiger partial charge in [-0.05, 0) is 55.4 Å². The number of phenolic OH excluding ortho intramolecular Hbond substituents is 2. The van der Waals surface area contributed by atoms with Crippen molar-refractivity contribution >= 4 is 0 Å². The van der Waals surface area contributed by atoms with Gasteiger partial charge in [-0.1, -0.05) is 48.6 Å². The monoisotopic (exact) mass is 282 g/mol. The molecule has 0 aliphatic heterocycles. The van der Waals surface area contributed by atoms with Crippen molar-refractivity contribution in [2.24, 2.45) is 11.8 Å². The van der Waals surface area contributed by atoms with Crippen LogP contribution in [0.1, 0.15) is 19.3 Å². The van der Waals surface area contributed by atoms with Crippen LogP contribution in [-0.4, -0.2) is 10.2 Å². The normalized spacial score (nSPS) is 21.0. The van der Waals surface area contributed by atoms with Crippen LogP contribution in [0.3, 0.4) is 0 Å². The molecule has 2 bridgehead atoms. The van der Waals surface area contributed by atoms with E-state index in [-0.39, 0.29) is 0 Å². The highest BCUT2D eigenvalue weighted by Crippen LogP contribution is 2.38. The molecule has 2 unspecified atom stereocenters. The van der Waals surface area contributed by atoms with Crippen LogP contribution in [0, 0.1) is 11.8 Å². The van der Waals surface area contributed by atoms with Crippen LogP contribution in [0.5, 0.6) is 11.5 Å². The average molecular weight is 282 g/mol. The van der Waals surface area contributed by atoms with Crippen LogP contribution >= 0.6 is 0 Å². The summed E-state index contributed by atoms with van der Waals surface area (Å²) >= 11 is 0. The summed E-state index contributed by atoms with van der Waals surface area (Å²) in [5, 5.41) is 17.3. The highest BCUT2D eigenvalue weighted by atomic mass is 16.3. The predicted octanol–water partition coefficient (Wildman–Crippen LogP) is 4.76. The second-order valence-corrected chi connectivity index (χ2v) is 5.39. The molecule has 2 nitrogen and oxygen atoms in total. The first kappa shape index (κ1) is 15.2. The summed E-state index contributed by atoms with van der Waals surface area (Å²) < 4.78 is 0. The smallest absolute Gasteiger partial charge is 0.115 e. The number of rotatable bonds is 0. The second kappa shape index (κ2) is 8.15. The van der Waals surface area contributed by atoms with Crippen molar-refractivity contribution in [1.82, 2.24) is 0 Å². The molecular weight excluding hydrogens is 260 g/mol. The molecule has 0 spiro atoms. The molecule has 0 radical (unpaired) electrons. The third kappa shape index (κ3) is 5.74. The Morgan fingerprint density at radius 2 is 1.00 bits per heavy atom. The first-order valence-corrected chi connectivity index (χ1v) is 7.40. The summed E-state index contributed by atoms with van der Waals surface area (Å²) in [5.41, 5.74) is 0. The van der Waals surface area contributed by atoms with E-state index >= 15 is 0 Å². The fraction of sp³-hybridized carbons (Fsp3) is 0.263. The molecule has 21 heavy (non-hydrogen) atoms. The van der Waals surface area contributed by atoms with E-state index in [1.54, 1.807) is 48.5 Å². The van der Waals surface area contributed by atoms with Crippen molar-refractivity contribution in [3.8, 4) is 11.5 Å². The van der Waals surface area contributed by atoms with Gasteiger partial charge < -0.3 is 10.2 Å². The third-order valence-corrected chi connectivity index (χ3v) is 3.68. The van der Waals surface area contributed by atoms with Crippen molar-refractivity contribution in [3.05, 3.63) is 72.8 Å². The van der Waals surface area contributed by atoms with Gasteiger partial charge in [0.25, 0.3) is 0 Å². The molecule has 2 N–H and O–H groups in total. The van der Waals surface area contributed by atoms with Crippen LogP contribution in [0.15, 0.2) is 72.8 Å². The maximum absolute atomic E-state index is 8.63. The summed E-state index contributed by atoms with van der Waals surface area (Å²) in [6.45, 7) is 0. The molecule has 2 atom stereocenters. The SMILES string of the molecule is C1=CC2CCC1C2.Oc1ccccc1.Oc1ccccc1. The molecule has 110 valence electrons. The van der Waals surface area contributed by atoms with Crippen molar-refractivity contribution in [1.29, 1.82) is 0 Å². The van der Waals surface area contributed by atoms with Gasteiger partial charge in [0.05, 0.1) is 0 Å². The Kier molecular flexibility index (Phi) is 5.89. The maximum Gasteiger partial charge on any atom is 0.115 e. The number of hydrogen-bond donors (Lipinski definition) is 2. The van der Waals surface area contributed by atoms with Gasteiger partial charge in [0, 0.05) is 0 Å². The van der Waals surface area contributed by atoms with Crippen LogP contribution in [0.25, 0.3) is 0 Å². The zero-order valence-corrected chi connectivity index (χ0v) is 12.1. The van der Waals surface area contributed by atoms with Gasteiger partial charge >= 0.3 is 0 Å². The minimum Gasteiger partial charge on any atom is -0.508 e. The zero-order valence-electron chi connectivity index (χ0n) is 12.1. The fourth-order valence-electron chi connectivity index (χ4n) is 2.57. The lowest BCUT2D eigenvalue weighted by Gasteiger charge is -1.96. The van der Waals surface area contributed by atoms with E-state index in [2.05, 4.69) is 12.2 Å². The van der Waals surface area contributed by atoms with Gasteiger partial charge in [-0.2, -0.15) is 0 Å². The predicted molar refractivity (Wildman–Crippen MR) is 86.2 cm³/mol. The number of fused-ring (bicyclic) bond motifs is 2. The Morgan fingerprint density at radius 3 is 1.14 bits per heavy atom. The number of para-hydroxylation sites is 2. The van der Waals surface area contributed by atoms with Gasteiger partial charge in [0.1, 0.15) is 11.5 Å². The molecule has 2 aromatic carbocycles. The summed E-state index contributed by atoms with van der Waals surface area (Å²) in [4.78, 5) is 0. The molecule has 2 aliphatic carbocycles. The van der Waals surface area contributed by atoms with Crippen LogP contribution in [0.2, 0.25) is 0 Å². The van der Waals surface area contributed by atoms with Crippen LogP contribution in [-0.2, 0) is 0 Å². The van der Waals surface area contributed by atoms with E-state index in [0.29, 0.717) is 11.5 Å². The molecule has 0 aromatic heterocycles. The Balaban J connectivity index is 0.000000115. The van der Waals surface area contributed by atoms with Gasteiger partial charge in [0.2, 0.25) is 0 Å². The lowest BCUT2D eigenvalue weighted by molar-refractivity contribution is 0.475. The average Bonchev–Trinajstić information content (AvgIpc) is 3.15. The van der Waals surface area contributed by atoms with Crippen molar-refractivity contribution in [2.45, 2.75) is 19.3 Å². The largest absolute Gasteiger partial charge is 0.508 e. The minimum atomic E-state index is 0.322. The lowest BCUT2D eigenvalue weighted by Crippen LogP contribution is -1.82. The van der Waals surface area contributed by atoms with Crippen LogP contribution in [0.4, 0.5) is 0 Å². The highest BCUT2D eigenvalue weighted by Gasteiger charge is 2.25. The molecule has 2 aliphatic rings. The summed E-state index contributed by atoms with van der Waals surface area (Å²) in [6, 6.07) is 17.4. The highest BCUT2D eigenvalue weighted by molar-refractivity contribution is 5.19. The fourth-order valence-corrected chi connectivity index (χ4v) is 2.57. The van der Waals surface area contributed by atoms with Gasteiger partial charge in [-0.3, -0.25) is 0 Å². The Labute approximate surface area is 126 Å². The zero-order chi connectivity index (χ0) is 14.9. The summed E-state index contributed by atoms with van der Waals surface area (Å²) in [7, 11) is 0. The van der Waals surface area contributed by atoms with Gasteiger partial charge in [-0.15, -0.1) is 0 Å². The summed E-state index contributed by atoms with van der Waals surface area (Å²) in [6.07, 6.45) is 9.19. The number of aromatic hydroxyl groups is 2. The first-order valence-electron chi connectivity index (χ1n) is 7.40. The van der Waals surface area contributed by atoms with Crippen molar-refractivity contribution in [2.75, 3.05) is 0 Å². The second-order valence-electron chi connectivity index (χ2n) is 5.39. The minimum absolute atomic E-state index is 0.322. The molecular formula is C19H22O2. The van der Waals surface area contributed by atoms with E-state index in [1.807, 2.05) is 12.1 Å². The molecule has 4 rings (SSSR count). The van der Waals surface area contributed by atoms with E-state index < -0.39 is 0 Å². The topological polar surface area (TPSA) is 40.5 Å². The van der Waals surface area contributed by atoms with Crippen LogP contribution < -0.4 is 0 Å². The number of hydrogen-bond acceptors (Lipinski definition) is 2.